The first-order chi connectivity index (χ1) is 11.8. The van der Waals surface area contributed by atoms with E-state index in [4.69, 9.17) is 0 Å². The molecule has 4 nitrogen and oxygen atoms in total. The number of amidine groups is 1. The van der Waals surface area contributed by atoms with E-state index in [1.54, 1.807) is 6.20 Å². The third-order valence-corrected chi connectivity index (χ3v) is 4.40. The van der Waals surface area contributed by atoms with Crippen molar-refractivity contribution in [3.63, 3.8) is 0 Å². The van der Waals surface area contributed by atoms with Crippen LogP contribution in [-0.4, -0.2) is 16.1 Å². The van der Waals surface area contributed by atoms with E-state index in [9.17, 15) is 4.79 Å². The van der Waals surface area contributed by atoms with Crippen molar-refractivity contribution in [2.24, 2.45) is 4.99 Å². The molecule has 1 aliphatic rings. The van der Waals surface area contributed by atoms with Crippen LogP contribution >= 0.6 is 11.8 Å². The number of aliphatic imine (C=N–C) groups is 1. The molecule has 0 radical (unpaired) electrons. The number of nitrogens with zero attached hydrogens (tertiary/aromatic N) is 2. The van der Waals surface area contributed by atoms with Crippen LogP contribution in [0.2, 0.25) is 0 Å². The number of carbonyl (C=O) groups is 1. The summed E-state index contributed by atoms with van der Waals surface area (Å²) in [6.45, 7) is 0. The first-order valence-corrected chi connectivity index (χ1v) is 8.29. The Morgan fingerprint density at radius 2 is 1.92 bits per heavy atom. The summed E-state index contributed by atoms with van der Waals surface area (Å²) >= 11 is 1.16. The molecule has 4 rings (SSSR count). The fraction of sp³-hybridized carbons (Fsp3) is 0. The van der Waals surface area contributed by atoms with Crippen molar-refractivity contribution in [2.45, 2.75) is 0 Å². The van der Waals surface area contributed by atoms with Gasteiger partial charge >= 0.3 is 0 Å². The first-order valence-electron chi connectivity index (χ1n) is 7.47. The van der Waals surface area contributed by atoms with Gasteiger partial charge in [0.1, 0.15) is 5.84 Å². The van der Waals surface area contributed by atoms with Crippen molar-refractivity contribution in [3.8, 4) is 0 Å². The maximum Gasteiger partial charge on any atom is 0.289 e. The summed E-state index contributed by atoms with van der Waals surface area (Å²) in [6.07, 6.45) is 3.75. The van der Waals surface area contributed by atoms with E-state index >= 15 is 0 Å². The molecule has 1 fully saturated rings. The van der Waals surface area contributed by atoms with Crippen LogP contribution in [0.3, 0.4) is 0 Å². The molecule has 2 heterocycles. The smallest absolute Gasteiger partial charge is 0.289 e. The second kappa shape index (κ2) is 6.29. The number of amides is 1. The zero-order valence-corrected chi connectivity index (χ0v) is 13.5. The summed E-state index contributed by atoms with van der Waals surface area (Å²) in [5, 5.41) is 3.76. The van der Waals surface area contributed by atoms with Gasteiger partial charge in [0, 0.05) is 11.6 Å². The Balaban J connectivity index is 1.73. The monoisotopic (exact) mass is 331 g/mol. The summed E-state index contributed by atoms with van der Waals surface area (Å²) < 4.78 is 0. The van der Waals surface area contributed by atoms with Gasteiger partial charge in [-0.25, -0.2) is 4.99 Å². The number of hydrogen-bond donors (Lipinski definition) is 1. The molecule has 0 spiro atoms. The van der Waals surface area contributed by atoms with Gasteiger partial charge < -0.3 is 5.32 Å². The number of benzene rings is 2. The predicted octanol–water partition coefficient (Wildman–Crippen LogP) is 4.76. The zero-order valence-electron chi connectivity index (χ0n) is 12.6. The first kappa shape index (κ1) is 14.7. The molecule has 0 bridgehead atoms. The molecule has 1 aliphatic heterocycles. The number of carbonyl (C=O) groups excluding carboxylic acids is 1. The maximum atomic E-state index is 11.8. The summed E-state index contributed by atoms with van der Waals surface area (Å²) in [6, 6.07) is 19.5. The molecule has 24 heavy (non-hydrogen) atoms. The number of pyridine rings is 1. The molecule has 0 unspecified atom stereocenters. The molecule has 1 amide bonds. The van der Waals surface area contributed by atoms with Gasteiger partial charge in [-0.3, -0.25) is 9.78 Å². The van der Waals surface area contributed by atoms with Gasteiger partial charge in [0.25, 0.3) is 5.24 Å². The highest BCUT2D eigenvalue weighted by Gasteiger charge is 2.23. The van der Waals surface area contributed by atoms with E-state index in [1.807, 2.05) is 60.7 Å². The van der Waals surface area contributed by atoms with Gasteiger partial charge in [0.05, 0.1) is 16.1 Å². The number of hydrogen-bond acceptors (Lipinski definition) is 4. The Labute approximate surface area is 143 Å². The lowest BCUT2D eigenvalue weighted by Gasteiger charge is -2.01. The third kappa shape index (κ3) is 3.07. The van der Waals surface area contributed by atoms with E-state index in [0.29, 0.717) is 5.84 Å². The number of aromatic nitrogens is 1. The van der Waals surface area contributed by atoms with Crippen molar-refractivity contribution in [2.75, 3.05) is 0 Å². The van der Waals surface area contributed by atoms with Crippen LogP contribution in [0.25, 0.3) is 17.0 Å². The second-order valence-corrected chi connectivity index (χ2v) is 6.29. The Hall–Kier alpha value is -2.92. The van der Waals surface area contributed by atoms with Gasteiger partial charge in [0.15, 0.2) is 0 Å². The average molecular weight is 331 g/mol. The minimum atomic E-state index is -0.113. The van der Waals surface area contributed by atoms with Crippen molar-refractivity contribution in [1.29, 1.82) is 0 Å². The van der Waals surface area contributed by atoms with Gasteiger partial charge in [-0.05, 0) is 53.7 Å². The van der Waals surface area contributed by atoms with Crippen molar-refractivity contribution in [3.05, 3.63) is 77.3 Å². The molecule has 0 aliphatic carbocycles. The summed E-state index contributed by atoms with van der Waals surface area (Å²) in [7, 11) is 0. The maximum absolute atomic E-state index is 11.8. The molecule has 1 N–H and O–H groups in total. The molecule has 2 aromatic carbocycles. The largest absolute Gasteiger partial charge is 0.300 e. The number of rotatable bonds is 2. The average Bonchev–Trinajstić information content (AvgIpc) is 2.95. The number of thioether (sulfide) groups is 1. The fourth-order valence-corrected chi connectivity index (χ4v) is 3.22. The van der Waals surface area contributed by atoms with Crippen LogP contribution in [0.5, 0.6) is 0 Å². The highest BCUT2D eigenvalue weighted by atomic mass is 32.2. The summed E-state index contributed by atoms with van der Waals surface area (Å²) in [5.74, 6) is 0.586. The van der Waals surface area contributed by atoms with Crippen molar-refractivity contribution < 1.29 is 4.79 Å². The topological polar surface area (TPSA) is 54.4 Å². The van der Waals surface area contributed by atoms with Crippen LogP contribution < -0.4 is 5.32 Å². The van der Waals surface area contributed by atoms with Crippen LogP contribution in [0.1, 0.15) is 5.56 Å². The summed E-state index contributed by atoms with van der Waals surface area (Å²) in [4.78, 5) is 21.4. The number of para-hydroxylation sites is 1. The highest BCUT2D eigenvalue weighted by Crippen LogP contribution is 2.29. The molecular formula is C19H13N3OS. The lowest BCUT2D eigenvalue weighted by Crippen LogP contribution is -2.18. The molecule has 0 saturated carbocycles. The Morgan fingerprint density at radius 3 is 2.79 bits per heavy atom. The SMILES string of the molecule is O=C1NC(=Nc2ccccc2)/C(=C/c2ccc3ncccc3c2)S1. The van der Waals surface area contributed by atoms with Crippen LogP contribution in [0.4, 0.5) is 10.5 Å². The van der Waals surface area contributed by atoms with Crippen LogP contribution in [0, 0.1) is 0 Å². The molecule has 5 heteroatoms. The lowest BCUT2D eigenvalue weighted by molar-refractivity contribution is 0.265. The summed E-state index contributed by atoms with van der Waals surface area (Å²) in [5.41, 5.74) is 2.77. The van der Waals surface area contributed by atoms with Gasteiger partial charge in [-0.2, -0.15) is 0 Å². The van der Waals surface area contributed by atoms with E-state index in [-0.39, 0.29) is 5.24 Å². The molecule has 1 aromatic heterocycles. The second-order valence-electron chi connectivity index (χ2n) is 5.27. The van der Waals surface area contributed by atoms with E-state index in [1.165, 1.54) is 0 Å². The Morgan fingerprint density at radius 1 is 1.04 bits per heavy atom. The quantitative estimate of drug-likeness (QED) is 0.736. The third-order valence-electron chi connectivity index (χ3n) is 3.58. The van der Waals surface area contributed by atoms with E-state index in [0.717, 1.165) is 38.8 Å². The molecule has 1 saturated heterocycles. The minimum absolute atomic E-state index is 0.113. The number of fused-ring (bicyclic) bond motifs is 1. The van der Waals surface area contributed by atoms with Gasteiger partial charge in [-0.15, -0.1) is 0 Å². The Bertz CT molecular complexity index is 980. The van der Waals surface area contributed by atoms with Crippen LogP contribution in [-0.2, 0) is 0 Å². The molecular weight excluding hydrogens is 318 g/mol. The number of nitrogens with one attached hydrogen (secondary N) is 1. The molecule has 0 atom stereocenters. The van der Waals surface area contributed by atoms with Crippen molar-refractivity contribution in [1.82, 2.24) is 10.3 Å². The minimum Gasteiger partial charge on any atom is -0.300 e. The molecule has 116 valence electrons. The van der Waals surface area contributed by atoms with Crippen LogP contribution in [0.15, 0.2) is 76.8 Å². The Kier molecular flexibility index (Phi) is 3.84. The van der Waals surface area contributed by atoms with Gasteiger partial charge in [0.2, 0.25) is 0 Å². The van der Waals surface area contributed by atoms with E-state index < -0.39 is 0 Å². The normalized spacial score (nSPS) is 17.6. The fourth-order valence-electron chi connectivity index (χ4n) is 2.48. The molecule has 3 aromatic rings. The standard InChI is InChI=1S/C19H13N3OS/c23-19-22-18(21-15-6-2-1-3-7-15)17(24-19)12-13-8-9-16-14(11-13)5-4-10-20-16/h1-12H,(H,21,22,23)/b17-12-. The predicted molar refractivity (Wildman–Crippen MR) is 99.4 cm³/mol. The zero-order chi connectivity index (χ0) is 16.4. The van der Waals surface area contributed by atoms with Gasteiger partial charge in [-0.1, -0.05) is 30.3 Å². The van der Waals surface area contributed by atoms with Crippen molar-refractivity contribution >= 4 is 45.5 Å². The lowest BCUT2D eigenvalue weighted by atomic mass is 10.1. The highest BCUT2D eigenvalue weighted by molar-refractivity contribution is 8.18. The van der Waals surface area contributed by atoms with E-state index in [2.05, 4.69) is 21.4 Å².